The van der Waals surface area contributed by atoms with E-state index in [-0.39, 0.29) is 5.82 Å². The van der Waals surface area contributed by atoms with Crippen LogP contribution in [0.25, 0.3) is 0 Å². The second kappa shape index (κ2) is 7.78. The summed E-state index contributed by atoms with van der Waals surface area (Å²) < 4.78 is 20.6. The molecule has 0 aromatic heterocycles. The highest BCUT2D eigenvalue weighted by atomic mass is 79.9. The first-order chi connectivity index (χ1) is 10.1. The molecule has 21 heavy (non-hydrogen) atoms. The van der Waals surface area contributed by atoms with Crippen LogP contribution in [0.15, 0.2) is 40.9 Å². The summed E-state index contributed by atoms with van der Waals surface area (Å²) in [5.74, 6) is 0.675. The van der Waals surface area contributed by atoms with Crippen molar-refractivity contribution in [2.75, 3.05) is 6.54 Å². The SMILES string of the molecule is CCCNCc1c(F)cccc1Oc1cc(Br)ccc1Cl. The lowest BCUT2D eigenvalue weighted by molar-refractivity contribution is 0.462. The molecule has 0 amide bonds. The molecule has 0 saturated heterocycles. The fraction of sp³-hybridized carbons (Fsp3) is 0.250. The van der Waals surface area contributed by atoms with Gasteiger partial charge in [-0.25, -0.2) is 4.39 Å². The van der Waals surface area contributed by atoms with E-state index in [4.69, 9.17) is 16.3 Å². The monoisotopic (exact) mass is 371 g/mol. The second-order valence-corrected chi connectivity index (χ2v) is 5.89. The summed E-state index contributed by atoms with van der Waals surface area (Å²) in [6, 6.07) is 10.1. The molecule has 0 spiro atoms. The molecule has 2 aromatic carbocycles. The molecule has 0 aliphatic heterocycles. The van der Waals surface area contributed by atoms with E-state index >= 15 is 0 Å². The van der Waals surface area contributed by atoms with Crippen LogP contribution in [-0.4, -0.2) is 6.54 Å². The molecule has 2 nitrogen and oxygen atoms in total. The van der Waals surface area contributed by atoms with Crippen LogP contribution in [0.5, 0.6) is 11.5 Å². The maximum absolute atomic E-state index is 14.0. The molecule has 0 aliphatic rings. The Bertz CT molecular complexity index is 621. The van der Waals surface area contributed by atoms with Gasteiger partial charge in [-0.05, 0) is 43.3 Å². The predicted molar refractivity (Wildman–Crippen MR) is 87.6 cm³/mol. The fourth-order valence-electron chi connectivity index (χ4n) is 1.87. The minimum absolute atomic E-state index is 0.290. The minimum Gasteiger partial charge on any atom is -0.455 e. The third-order valence-corrected chi connectivity index (χ3v) is 3.72. The van der Waals surface area contributed by atoms with Crippen LogP contribution in [0.4, 0.5) is 4.39 Å². The molecule has 112 valence electrons. The third kappa shape index (κ3) is 4.43. The van der Waals surface area contributed by atoms with Crippen molar-refractivity contribution in [2.45, 2.75) is 19.9 Å². The van der Waals surface area contributed by atoms with Gasteiger partial charge >= 0.3 is 0 Å². The van der Waals surface area contributed by atoms with Gasteiger partial charge in [0, 0.05) is 16.6 Å². The van der Waals surface area contributed by atoms with Crippen molar-refractivity contribution in [3.63, 3.8) is 0 Å². The van der Waals surface area contributed by atoms with Crippen LogP contribution >= 0.6 is 27.5 Å². The van der Waals surface area contributed by atoms with Crippen LogP contribution < -0.4 is 10.1 Å². The first-order valence-corrected chi connectivity index (χ1v) is 7.90. The van der Waals surface area contributed by atoms with Crippen molar-refractivity contribution in [1.82, 2.24) is 5.32 Å². The molecule has 5 heteroatoms. The molecule has 0 unspecified atom stereocenters. The van der Waals surface area contributed by atoms with Crippen molar-refractivity contribution < 1.29 is 9.13 Å². The van der Waals surface area contributed by atoms with E-state index < -0.39 is 0 Å². The maximum atomic E-state index is 14.0. The lowest BCUT2D eigenvalue weighted by Crippen LogP contribution is -2.15. The smallest absolute Gasteiger partial charge is 0.147 e. The molecule has 0 aliphatic carbocycles. The third-order valence-electron chi connectivity index (χ3n) is 2.92. The van der Waals surface area contributed by atoms with E-state index in [2.05, 4.69) is 28.2 Å². The maximum Gasteiger partial charge on any atom is 0.147 e. The Kier molecular flexibility index (Phi) is 6.03. The van der Waals surface area contributed by atoms with E-state index in [9.17, 15) is 4.39 Å². The highest BCUT2D eigenvalue weighted by Gasteiger charge is 2.12. The largest absolute Gasteiger partial charge is 0.455 e. The Labute approximate surface area is 137 Å². The Morgan fingerprint density at radius 1 is 1.24 bits per heavy atom. The molecular formula is C16H16BrClFNO. The number of halogens is 3. The average molecular weight is 373 g/mol. The van der Waals surface area contributed by atoms with Crippen LogP contribution in [0.2, 0.25) is 5.02 Å². The van der Waals surface area contributed by atoms with Crippen LogP contribution in [0.1, 0.15) is 18.9 Å². The van der Waals surface area contributed by atoms with Gasteiger partial charge in [0.2, 0.25) is 0 Å². The zero-order chi connectivity index (χ0) is 15.2. The summed E-state index contributed by atoms with van der Waals surface area (Å²) in [6.45, 7) is 3.31. The lowest BCUT2D eigenvalue weighted by Gasteiger charge is -2.13. The summed E-state index contributed by atoms with van der Waals surface area (Å²) >= 11 is 9.48. The Balaban J connectivity index is 2.26. The second-order valence-electron chi connectivity index (χ2n) is 4.57. The van der Waals surface area contributed by atoms with Crippen molar-refractivity contribution in [3.8, 4) is 11.5 Å². The number of ether oxygens (including phenoxy) is 1. The van der Waals surface area contributed by atoms with Gasteiger partial charge in [-0.2, -0.15) is 0 Å². The minimum atomic E-state index is -0.290. The highest BCUT2D eigenvalue weighted by Crippen LogP contribution is 2.34. The van der Waals surface area contributed by atoms with Gasteiger partial charge in [-0.15, -0.1) is 0 Å². The summed E-state index contributed by atoms with van der Waals surface area (Å²) in [6.07, 6.45) is 0.988. The number of benzene rings is 2. The van der Waals surface area contributed by atoms with Crippen LogP contribution in [0, 0.1) is 5.82 Å². The molecule has 2 aromatic rings. The zero-order valence-electron chi connectivity index (χ0n) is 11.6. The van der Waals surface area contributed by atoms with E-state index in [1.807, 2.05) is 6.07 Å². The van der Waals surface area contributed by atoms with Gasteiger partial charge < -0.3 is 10.1 Å². The normalized spacial score (nSPS) is 10.7. The van der Waals surface area contributed by atoms with Crippen molar-refractivity contribution >= 4 is 27.5 Å². The molecular weight excluding hydrogens is 357 g/mol. The summed E-state index contributed by atoms with van der Waals surface area (Å²) in [5.41, 5.74) is 0.502. The molecule has 1 N–H and O–H groups in total. The van der Waals surface area contributed by atoms with E-state index in [0.717, 1.165) is 17.4 Å². The van der Waals surface area contributed by atoms with Gasteiger partial charge in [0.1, 0.15) is 17.3 Å². The molecule has 0 fully saturated rings. The number of hydrogen-bond donors (Lipinski definition) is 1. The molecule has 2 rings (SSSR count). The summed E-state index contributed by atoms with van der Waals surface area (Å²) in [7, 11) is 0. The molecule has 0 radical (unpaired) electrons. The van der Waals surface area contributed by atoms with Crippen molar-refractivity contribution in [3.05, 3.63) is 57.3 Å². The number of hydrogen-bond acceptors (Lipinski definition) is 2. The first kappa shape index (κ1) is 16.3. The molecule has 0 heterocycles. The average Bonchev–Trinajstić information content (AvgIpc) is 2.46. The van der Waals surface area contributed by atoms with Crippen LogP contribution in [-0.2, 0) is 6.54 Å². The lowest BCUT2D eigenvalue weighted by atomic mass is 10.2. The summed E-state index contributed by atoms with van der Waals surface area (Å²) in [4.78, 5) is 0. The van der Waals surface area contributed by atoms with Crippen LogP contribution in [0.3, 0.4) is 0 Å². The predicted octanol–water partition coefficient (Wildman–Crippen LogP) is 5.53. The Morgan fingerprint density at radius 3 is 2.81 bits per heavy atom. The Hall–Kier alpha value is -1.10. The highest BCUT2D eigenvalue weighted by molar-refractivity contribution is 9.10. The number of nitrogens with one attached hydrogen (secondary N) is 1. The van der Waals surface area contributed by atoms with Crippen molar-refractivity contribution in [1.29, 1.82) is 0 Å². The summed E-state index contributed by atoms with van der Waals surface area (Å²) in [5, 5.41) is 3.66. The van der Waals surface area contributed by atoms with Crippen molar-refractivity contribution in [2.24, 2.45) is 0 Å². The van der Waals surface area contributed by atoms with Gasteiger partial charge in [-0.1, -0.05) is 40.5 Å². The van der Waals surface area contributed by atoms with E-state index in [1.165, 1.54) is 6.07 Å². The molecule has 0 bridgehead atoms. The standard InChI is InChI=1S/C16H16BrClFNO/c1-2-8-20-10-12-14(19)4-3-5-15(12)21-16-9-11(17)6-7-13(16)18/h3-7,9,20H,2,8,10H2,1H3. The first-order valence-electron chi connectivity index (χ1n) is 6.73. The zero-order valence-corrected chi connectivity index (χ0v) is 14.0. The van der Waals surface area contributed by atoms with Gasteiger partial charge in [0.05, 0.1) is 5.02 Å². The van der Waals surface area contributed by atoms with Gasteiger partial charge in [0.15, 0.2) is 0 Å². The molecule has 0 saturated carbocycles. The van der Waals surface area contributed by atoms with Gasteiger partial charge in [-0.3, -0.25) is 0 Å². The quantitative estimate of drug-likeness (QED) is 0.673. The molecule has 0 atom stereocenters. The Morgan fingerprint density at radius 2 is 2.05 bits per heavy atom. The fourth-order valence-corrected chi connectivity index (χ4v) is 2.37. The van der Waals surface area contributed by atoms with E-state index in [1.54, 1.807) is 24.3 Å². The number of rotatable bonds is 6. The van der Waals surface area contributed by atoms with E-state index in [0.29, 0.717) is 28.6 Å². The topological polar surface area (TPSA) is 21.3 Å². The van der Waals surface area contributed by atoms with Gasteiger partial charge in [0.25, 0.3) is 0 Å².